The van der Waals surface area contributed by atoms with Gasteiger partial charge in [-0.2, -0.15) is 11.8 Å². The molecule has 4 nitrogen and oxygen atoms in total. The third-order valence-corrected chi connectivity index (χ3v) is 7.33. The van der Waals surface area contributed by atoms with Crippen molar-refractivity contribution in [2.24, 2.45) is 5.92 Å². The second-order valence-corrected chi connectivity index (χ2v) is 8.52. The van der Waals surface area contributed by atoms with E-state index >= 15 is 0 Å². The average molecular weight is 309 g/mol. The van der Waals surface area contributed by atoms with Crippen LogP contribution in [-0.2, 0) is 10.0 Å². The van der Waals surface area contributed by atoms with Crippen LogP contribution in [0.15, 0.2) is 0 Å². The molecule has 0 unspecified atom stereocenters. The molecule has 0 aromatic carbocycles. The maximum absolute atomic E-state index is 12.2. The van der Waals surface area contributed by atoms with Gasteiger partial charge < -0.3 is 5.32 Å². The van der Waals surface area contributed by atoms with Gasteiger partial charge >= 0.3 is 0 Å². The molecule has 2 N–H and O–H groups in total. The second kappa shape index (κ2) is 7.86. The zero-order valence-electron chi connectivity index (χ0n) is 12.4. The van der Waals surface area contributed by atoms with E-state index in [1.54, 1.807) is 11.8 Å². The Morgan fingerprint density at radius 3 is 2.32 bits per heavy atom. The molecule has 0 amide bonds. The van der Waals surface area contributed by atoms with Crippen LogP contribution in [0.2, 0.25) is 0 Å². The summed E-state index contributed by atoms with van der Waals surface area (Å²) in [5, 5.41) is 3.27. The van der Waals surface area contributed by atoms with Crippen LogP contribution in [0.25, 0.3) is 0 Å². The van der Waals surface area contributed by atoms with E-state index in [-0.39, 0.29) is 10.5 Å². The molecule has 0 atom stereocenters. The van der Waals surface area contributed by atoms with Crippen molar-refractivity contribution in [2.75, 3.05) is 31.6 Å². The molecule has 0 aromatic rings. The van der Waals surface area contributed by atoms with E-state index in [1.165, 1.54) is 0 Å². The van der Waals surface area contributed by atoms with Crippen LogP contribution in [0.3, 0.4) is 0 Å². The van der Waals surface area contributed by atoms with Crippen LogP contribution < -0.4 is 10.0 Å². The Hall–Kier alpha value is 0.220. The maximum Gasteiger partial charge on any atom is 0.211 e. The Morgan fingerprint density at radius 1 is 1.26 bits per heavy atom. The van der Waals surface area contributed by atoms with Crippen molar-refractivity contribution in [3.63, 3.8) is 0 Å². The van der Waals surface area contributed by atoms with Gasteiger partial charge in [0.05, 0.1) is 5.75 Å². The first kappa shape index (κ1) is 17.3. The number of nitrogens with one attached hydrogen (secondary N) is 2. The molecule has 0 aromatic heterocycles. The first-order valence-corrected chi connectivity index (χ1v) is 10.1. The lowest BCUT2D eigenvalue weighted by Gasteiger charge is -2.30. The summed E-state index contributed by atoms with van der Waals surface area (Å²) in [7, 11) is -3.14. The predicted molar refractivity (Wildman–Crippen MR) is 84.2 cm³/mol. The third kappa shape index (κ3) is 5.61. The van der Waals surface area contributed by atoms with E-state index < -0.39 is 10.0 Å². The Kier molecular flexibility index (Phi) is 7.14. The number of piperidine rings is 1. The minimum atomic E-state index is -3.14. The number of rotatable bonds is 8. The molecule has 0 saturated carbocycles. The number of sulfonamides is 1. The highest BCUT2D eigenvalue weighted by Crippen LogP contribution is 2.29. The van der Waals surface area contributed by atoms with Gasteiger partial charge in [0.2, 0.25) is 10.0 Å². The van der Waals surface area contributed by atoms with Crippen LogP contribution in [0.4, 0.5) is 0 Å². The Balaban J connectivity index is 2.49. The molecular formula is C13H28N2O2S2. The van der Waals surface area contributed by atoms with Gasteiger partial charge in [-0.05, 0) is 50.9 Å². The zero-order valence-corrected chi connectivity index (χ0v) is 14.0. The molecule has 0 aliphatic carbocycles. The monoisotopic (exact) mass is 308 g/mol. The molecule has 0 radical (unpaired) electrons. The first-order chi connectivity index (χ1) is 8.97. The molecule has 1 fully saturated rings. The van der Waals surface area contributed by atoms with Crippen LogP contribution in [0.1, 0.15) is 39.5 Å². The quantitative estimate of drug-likeness (QED) is 0.718. The fourth-order valence-corrected chi connectivity index (χ4v) is 4.97. The number of hydrogen-bond donors (Lipinski definition) is 2. The SMILES string of the molecule is CCC(CC)(CNS(=O)(=O)CC1CCNCC1)SC. The molecular weight excluding hydrogens is 280 g/mol. The predicted octanol–water partition coefficient (Wildman–Crippen LogP) is 1.83. The van der Waals surface area contributed by atoms with Crippen LogP contribution in [0.5, 0.6) is 0 Å². The fourth-order valence-electron chi connectivity index (χ4n) is 2.52. The van der Waals surface area contributed by atoms with E-state index in [1.807, 2.05) is 0 Å². The van der Waals surface area contributed by atoms with Crippen LogP contribution >= 0.6 is 11.8 Å². The highest BCUT2D eigenvalue weighted by Gasteiger charge is 2.28. The summed E-state index contributed by atoms with van der Waals surface area (Å²) >= 11 is 1.77. The van der Waals surface area contributed by atoms with Gasteiger partial charge in [-0.15, -0.1) is 0 Å². The Labute approximate surface area is 122 Å². The summed E-state index contributed by atoms with van der Waals surface area (Å²) < 4.78 is 27.2. The molecule has 0 spiro atoms. The van der Waals surface area contributed by atoms with Gasteiger partial charge in [-0.3, -0.25) is 0 Å². The van der Waals surface area contributed by atoms with Gasteiger partial charge in [0.25, 0.3) is 0 Å². The van der Waals surface area contributed by atoms with Gasteiger partial charge in [0.1, 0.15) is 0 Å². The summed E-state index contributed by atoms with van der Waals surface area (Å²) in [5.74, 6) is 0.595. The zero-order chi connectivity index (χ0) is 14.4. The van der Waals surface area contributed by atoms with Crippen molar-refractivity contribution in [1.82, 2.24) is 10.0 Å². The Morgan fingerprint density at radius 2 is 1.84 bits per heavy atom. The van der Waals surface area contributed by atoms with Crippen molar-refractivity contribution in [1.29, 1.82) is 0 Å². The highest BCUT2D eigenvalue weighted by molar-refractivity contribution is 8.00. The molecule has 1 saturated heterocycles. The standard InChI is InChI=1S/C13H28N2O2S2/c1-4-13(5-2,18-3)11-15-19(16,17)10-12-6-8-14-9-7-12/h12,14-15H,4-11H2,1-3H3. The van der Waals surface area contributed by atoms with Gasteiger partial charge in [-0.25, -0.2) is 13.1 Å². The molecule has 19 heavy (non-hydrogen) atoms. The summed E-state index contributed by atoms with van der Waals surface area (Å²) in [5.41, 5.74) is 0. The topological polar surface area (TPSA) is 58.2 Å². The summed E-state index contributed by atoms with van der Waals surface area (Å²) in [4.78, 5) is 0. The van der Waals surface area contributed by atoms with Gasteiger partial charge in [0.15, 0.2) is 0 Å². The minimum absolute atomic E-state index is 0.0428. The van der Waals surface area contributed by atoms with Crippen molar-refractivity contribution in [3.8, 4) is 0 Å². The second-order valence-electron chi connectivity index (χ2n) is 5.39. The van der Waals surface area contributed by atoms with Crippen molar-refractivity contribution in [3.05, 3.63) is 0 Å². The lowest BCUT2D eigenvalue weighted by atomic mass is 10.0. The van der Waals surface area contributed by atoms with Crippen molar-refractivity contribution < 1.29 is 8.42 Å². The van der Waals surface area contributed by atoms with E-state index in [9.17, 15) is 8.42 Å². The summed E-state index contributed by atoms with van der Waals surface area (Å²) in [6.07, 6.45) is 5.97. The van der Waals surface area contributed by atoms with Crippen molar-refractivity contribution in [2.45, 2.75) is 44.3 Å². The van der Waals surface area contributed by atoms with Crippen molar-refractivity contribution >= 4 is 21.8 Å². The maximum atomic E-state index is 12.2. The lowest BCUT2D eigenvalue weighted by Crippen LogP contribution is -2.42. The molecule has 6 heteroatoms. The van der Waals surface area contributed by atoms with Crippen LogP contribution in [0, 0.1) is 5.92 Å². The van der Waals surface area contributed by atoms with Gasteiger partial charge in [-0.1, -0.05) is 13.8 Å². The minimum Gasteiger partial charge on any atom is -0.317 e. The average Bonchev–Trinajstić information content (AvgIpc) is 2.41. The number of hydrogen-bond acceptors (Lipinski definition) is 4. The molecule has 1 heterocycles. The Bertz CT molecular complexity index is 339. The molecule has 1 rings (SSSR count). The lowest BCUT2D eigenvalue weighted by molar-refractivity contribution is 0.399. The summed E-state index contributed by atoms with van der Waals surface area (Å²) in [6.45, 7) is 6.69. The van der Waals surface area contributed by atoms with E-state index in [2.05, 4.69) is 30.1 Å². The van der Waals surface area contributed by atoms with E-state index in [0.717, 1.165) is 38.8 Å². The molecule has 114 valence electrons. The first-order valence-electron chi connectivity index (χ1n) is 7.20. The third-order valence-electron chi connectivity index (χ3n) is 4.25. The normalized spacial score (nSPS) is 18.7. The van der Waals surface area contributed by atoms with Gasteiger partial charge in [0, 0.05) is 11.3 Å². The number of thioether (sulfide) groups is 1. The molecule has 0 bridgehead atoms. The van der Waals surface area contributed by atoms with E-state index in [4.69, 9.17) is 0 Å². The smallest absolute Gasteiger partial charge is 0.211 e. The highest BCUT2D eigenvalue weighted by atomic mass is 32.2. The van der Waals surface area contributed by atoms with Crippen LogP contribution in [-0.4, -0.2) is 44.8 Å². The summed E-state index contributed by atoms with van der Waals surface area (Å²) in [6, 6.07) is 0. The molecule has 1 aliphatic heterocycles. The van der Waals surface area contributed by atoms with E-state index in [0.29, 0.717) is 12.5 Å². The fraction of sp³-hybridized carbons (Fsp3) is 1.00. The molecule has 1 aliphatic rings. The largest absolute Gasteiger partial charge is 0.317 e.